The fourth-order valence-corrected chi connectivity index (χ4v) is 20.8. The van der Waals surface area contributed by atoms with E-state index >= 15 is 0 Å². The molecule has 9 rings (SSSR count). The van der Waals surface area contributed by atoms with E-state index in [0.717, 1.165) is 20.3 Å². The van der Waals surface area contributed by atoms with Crippen LogP contribution in [0.1, 0.15) is 94.9 Å². The molecule has 3 fully saturated rings. The maximum atomic E-state index is 2.77. The van der Waals surface area contributed by atoms with Gasteiger partial charge in [0, 0.05) is 0 Å². The summed E-state index contributed by atoms with van der Waals surface area (Å²) in [6, 6.07) is 37.3. The largest absolute Gasteiger partial charge is 1.00 e. The van der Waals surface area contributed by atoms with Crippen molar-refractivity contribution in [3.63, 3.8) is 0 Å². The number of benzene rings is 4. The molecule has 2 atom stereocenters. The van der Waals surface area contributed by atoms with Gasteiger partial charge < -0.3 is 24.8 Å². The number of halogens is 2. The Kier molecular flexibility index (Phi) is 9.79. The van der Waals surface area contributed by atoms with Gasteiger partial charge >= 0.3 is 275 Å². The van der Waals surface area contributed by atoms with Crippen LogP contribution in [0.4, 0.5) is 0 Å². The van der Waals surface area contributed by atoms with Gasteiger partial charge in [-0.15, -0.1) is 0 Å². The molecule has 2 unspecified atom stereocenters. The molecule has 0 N–H and O–H groups in total. The molecule has 5 aliphatic rings. The SMILES string of the molecule is C1=C(C2CCCCC2)[CH]([Ti+2]2([CH]3C(C4CCCCC4)=Cc4c(-c5ccccc5)cccc43)[CH2][CH2]2)c2cccc(-c3ccccc3)c21.[Cl-].[Cl-]. The van der Waals surface area contributed by atoms with Crippen molar-refractivity contribution in [2.45, 2.75) is 82.1 Å². The molecule has 240 valence electrons. The second kappa shape index (κ2) is 13.9. The van der Waals surface area contributed by atoms with Gasteiger partial charge in [-0.25, -0.2) is 0 Å². The maximum absolute atomic E-state index is 2.77. The Bertz CT molecular complexity index is 1640. The monoisotopic (exact) mass is 692 g/mol. The summed E-state index contributed by atoms with van der Waals surface area (Å²) in [7, 11) is 0. The summed E-state index contributed by atoms with van der Waals surface area (Å²) in [6.45, 7) is 0. The average molecular weight is 694 g/mol. The van der Waals surface area contributed by atoms with Gasteiger partial charge in [-0.05, 0) is 0 Å². The fraction of sp³-hybridized carbons (Fsp3) is 0.364. The number of rotatable bonds is 6. The first kappa shape index (κ1) is 33.2. The van der Waals surface area contributed by atoms with E-state index in [1.807, 2.05) is 11.1 Å². The number of fused-ring (bicyclic) bond motifs is 2. The summed E-state index contributed by atoms with van der Waals surface area (Å²) in [6.07, 6.45) is 19.7. The van der Waals surface area contributed by atoms with Crippen LogP contribution >= 0.6 is 0 Å². The van der Waals surface area contributed by atoms with E-state index in [-0.39, 0.29) is 24.8 Å². The van der Waals surface area contributed by atoms with Gasteiger partial charge in [0.2, 0.25) is 0 Å². The van der Waals surface area contributed by atoms with Crippen molar-refractivity contribution >= 4 is 12.2 Å². The van der Waals surface area contributed by atoms with E-state index in [2.05, 4.69) is 109 Å². The van der Waals surface area contributed by atoms with Crippen molar-refractivity contribution < 1.29 is 41.4 Å². The van der Waals surface area contributed by atoms with Gasteiger partial charge in [0.1, 0.15) is 0 Å². The second-order valence-electron chi connectivity index (χ2n) is 14.9. The van der Waals surface area contributed by atoms with Crippen LogP contribution in [0, 0.1) is 11.8 Å². The Morgan fingerprint density at radius 1 is 0.426 bits per heavy atom. The van der Waals surface area contributed by atoms with Crippen molar-refractivity contribution in [1.82, 2.24) is 0 Å². The summed E-state index contributed by atoms with van der Waals surface area (Å²) < 4.78 is 4.51. The van der Waals surface area contributed by atoms with Gasteiger partial charge in [-0.1, -0.05) is 0 Å². The fourth-order valence-electron chi connectivity index (χ4n) is 10.3. The molecule has 0 bridgehead atoms. The first-order valence-corrected chi connectivity index (χ1v) is 22.1. The summed E-state index contributed by atoms with van der Waals surface area (Å²) >= 11 is -2.49. The van der Waals surface area contributed by atoms with E-state index in [1.54, 1.807) is 22.3 Å². The average Bonchev–Trinajstić information content (AvgIpc) is 3.64. The van der Waals surface area contributed by atoms with Crippen molar-refractivity contribution in [3.05, 3.63) is 130 Å². The Hall–Kier alpha value is -2.35. The van der Waals surface area contributed by atoms with Crippen molar-refractivity contribution in [2.24, 2.45) is 11.8 Å². The Balaban J connectivity index is 0.00000176. The first-order chi connectivity index (χ1) is 22.3. The van der Waals surface area contributed by atoms with E-state index < -0.39 is 16.6 Å². The Morgan fingerprint density at radius 3 is 1.21 bits per heavy atom. The molecule has 0 amide bonds. The van der Waals surface area contributed by atoms with E-state index in [0.29, 0.717) is 0 Å². The molecule has 47 heavy (non-hydrogen) atoms. The molecule has 0 nitrogen and oxygen atoms in total. The molecule has 3 heteroatoms. The van der Waals surface area contributed by atoms with Crippen LogP contribution in [0.5, 0.6) is 0 Å². The molecule has 1 aliphatic heterocycles. The second-order valence-corrected chi connectivity index (χ2v) is 22.1. The summed E-state index contributed by atoms with van der Waals surface area (Å²) in [4.78, 5) is 0. The molecule has 4 aromatic rings. The van der Waals surface area contributed by atoms with Crippen molar-refractivity contribution in [3.8, 4) is 22.3 Å². The zero-order valence-electron chi connectivity index (χ0n) is 27.4. The predicted molar refractivity (Wildman–Crippen MR) is 188 cm³/mol. The van der Waals surface area contributed by atoms with Crippen LogP contribution < -0.4 is 24.8 Å². The molecule has 1 saturated heterocycles. The molecule has 2 saturated carbocycles. The molecule has 4 aliphatic carbocycles. The smallest absolute Gasteiger partial charge is 1.00 e. The van der Waals surface area contributed by atoms with Crippen LogP contribution in [-0.4, -0.2) is 0 Å². The molecular formula is C44H46Cl2Ti. The third-order valence-electron chi connectivity index (χ3n) is 12.5. The van der Waals surface area contributed by atoms with Crippen molar-refractivity contribution in [2.75, 3.05) is 0 Å². The quantitative estimate of drug-likeness (QED) is 0.196. The number of hydrogen-bond donors (Lipinski definition) is 0. The first-order valence-electron chi connectivity index (χ1n) is 18.1. The van der Waals surface area contributed by atoms with Crippen LogP contribution in [0.3, 0.4) is 0 Å². The topological polar surface area (TPSA) is 0 Å². The van der Waals surface area contributed by atoms with E-state index in [1.165, 1.54) is 95.9 Å². The Morgan fingerprint density at radius 2 is 0.830 bits per heavy atom. The molecule has 4 aromatic carbocycles. The normalized spacial score (nSPS) is 22.4. The zero-order valence-corrected chi connectivity index (χ0v) is 30.5. The number of hydrogen-bond acceptors (Lipinski definition) is 0. The third-order valence-corrected chi connectivity index (χ3v) is 20.7. The zero-order chi connectivity index (χ0) is 29.8. The molecule has 0 radical (unpaired) electrons. The summed E-state index contributed by atoms with van der Waals surface area (Å²) in [5.41, 5.74) is 16.0. The van der Waals surface area contributed by atoms with Gasteiger partial charge in [0.25, 0.3) is 0 Å². The molecule has 1 heterocycles. The molecular weight excluding hydrogens is 647 g/mol. The maximum Gasteiger partial charge on any atom is -1.00 e. The predicted octanol–water partition coefficient (Wildman–Crippen LogP) is 6.77. The summed E-state index contributed by atoms with van der Waals surface area (Å²) in [5, 5.41) is 0. The standard InChI is InChI=1S/2C21H21.C2H4.2ClH.Ti/c2*1-3-8-16(9-4-1)19-14-18-12-7-13-20(21(18)15-19)17-10-5-2-6-11-17;1-2;;;/h2*2,5-7,10-16H,1,3-4,8-9H2;1-2H2;2*1H;/q;;;;;+2/p-2. The van der Waals surface area contributed by atoms with Gasteiger partial charge in [-0.2, -0.15) is 0 Å². The minimum Gasteiger partial charge on any atom is -1.00 e. The third kappa shape index (κ3) is 5.76. The molecule has 0 aromatic heterocycles. The van der Waals surface area contributed by atoms with Crippen LogP contribution in [0.25, 0.3) is 34.4 Å². The Labute approximate surface area is 298 Å². The summed E-state index contributed by atoms with van der Waals surface area (Å²) in [5.74, 6) is 1.56. The molecule has 0 spiro atoms. The van der Waals surface area contributed by atoms with Gasteiger partial charge in [0.05, 0.1) is 0 Å². The van der Waals surface area contributed by atoms with Crippen LogP contribution in [-0.2, 0) is 16.6 Å². The van der Waals surface area contributed by atoms with E-state index in [9.17, 15) is 0 Å². The van der Waals surface area contributed by atoms with Crippen LogP contribution in [0.15, 0.2) is 108 Å². The van der Waals surface area contributed by atoms with Crippen molar-refractivity contribution in [1.29, 1.82) is 0 Å². The van der Waals surface area contributed by atoms with Crippen LogP contribution in [0.2, 0.25) is 9.45 Å². The minimum atomic E-state index is -2.49. The van der Waals surface area contributed by atoms with Gasteiger partial charge in [0.15, 0.2) is 0 Å². The minimum absolute atomic E-state index is 0. The van der Waals surface area contributed by atoms with E-state index in [4.69, 9.17) is 0 Å². The number of allylic oxidation sites excluding steroid dienone is 2. The van der Waals surface area contributed by atoms with Gasteiger partial charge in [-0.3, -0.25) is 0 Å².